The van der Waals surface area contributed by atoms with Crippen molar-refractivity contribution in [3.05, 3.63) is 90.0 Å². The molecule has 3 aromatic rings. The highest BCUT2D eigenvalue weighted by Crippen LogP contribution is 2.33. The molecule has 0 unspecified atom stereocenters. The predicted octanol–water partition coefficient (Wildman–Crippen LogP) is 4.52. The van der Waals surface area contributed by atoms with E-state index in [1.807, 2.05) is 66.7 Å². The maximum absolute atomic E-state index is 12.4. The average Bonchev–Trinajstić information content (AvgIpc) is 2.94. The molecule has 4 rings (SSSR count). The summed E-state index contributed by atoms with van der Waals surface area (Å²) in [5.74, 6) is -0.823. The van der Waals surface area contributed by atoms with Crippen molar-refractivity contribution in [3.63, 3.8) is 0 Å². The van der Waals surface area contributed by atoms with Crippen molar-refractivity contribution < 1.29 is 9.59 Å². The van der Waals surface area contributed by atoms with Crippen molar-refractivity contribution in [3.8, 4) is 11.1 Å². The van der Waals surface area contributed by atoms with Gasteiger partial charge >= 0.3 is 0 Å². The summed E-state index contributed by atoms with van der Waals surface area (Å²) < 4.78 is 0. The van der Waals surface area contributed by atoms with Crippen LogP contribution in [0.4, 0.5) is 5.69 Å². The summed E-state index contributed by atoms with van der Waals surface area (Å²) in [7, 11) is 0. The van der Waals surface area contributed by atoms with Gasteiger partial charge < -0.3 is 4.90 Å². The highest BCUT2D eigenvalue weighted by molar-refractivity contribution is 6.52. The van der Waals surface area contributed by atoms with Crippen LogP contribution in [0.25, 0.3) is 11.1 Å². The fourth-order valence-corrected chi connectivity index (χ4v) is 3.42. The summed E-state index contributed by atoms with van der Waals surface area (Å²) in [5.41, 5.74) is 4.48. The number of aryl methyl sites for hydroxylation is 1. The standard InChI is InChI=1S/C23H19NO2/c25-22-20-16-19(18-11-5-2-6-12-18)13-14-21(20)24(23(22)26)15-7-10-17-8-3-1-4-9-17/h1-6,8-9,11-14,16H,7,10,15H2. The maximum Gasteiger partial charge on any atom is 0.299 e. The summed E-state index contributed by atoms with van der Waals surface area (Å²) in [6, 6.07) is 25.8. The van der Waals surface area contributed by atoms with E-state index in [9.17, 15) is 9.59 Å². The zero-order chi connectivity index (χ0) is 17.9. The average molecular weight is 341 g/mol. The molecule has 3 aromatic carbocycles. The topological polar surface area (TPSA) is 37.4 Å². The molecule has 1 aliphatic rings. The molecule has 3 heteroatoms. The number of carbonyl (C=O) groups is 2. The molecule has 0 atom stereocenters. The van der Waals surface area contributed by atoms with Crippen LogP contribution in [-0.4, -0.2) is 18.2 Å². The van der Waals surface area contributed by atoms with Crippen LogP contribution in [0, 0.1) is 0 Å². The first-order chi connectivity index (χ1) is 12.7. The maximum atomic E-state index is 12.4. The van der Waals surface area contributed by atoms with Gasteiger partial charge in [0, 0.05) is 6.54 Å². The number of hydrogen-bond acceptors (Lipinski definition) is 2. The molecule has 0 saturated heterocycles. The number of amides is 1. The van der Waals surface area contributed by atoms with Crippen LogP contribution in [-0.2, 0) is 11.2 Å². The van der Waals surface area contributed by atoms with E-state index in [1.165, 1.54) is 5.56 Å². The van der Waals surface area contributed by atoms with E-state index in [1.54, 1.807) is 4.90 Å². The Morgan fingerprint density at radius 1 is 0.731 bits per heavy atom. The van der Waals surface area contributed by atoms with Gasteiger partial charge in [-0.3, -0.25) is 9.59 Å². The first-order valence-electron chi connectivity index (χ1n) is 8.83. The molecule has 1 aliphatic heterocycles. The Morgan fingerprint density at radius 2 is 1.42 bits per heavy atom. The number of fused-ring (bicyclic) bond motifs is 1. The second kappa shape index (κ2) is 6.96. The quantitative estimate of drug-likeness (QED) is 0.640. The summed E-state index contributed by atoms with van der Waals surface area (Å²) in [5, 5.41) is 0. The first-order valence-corrected chi connectivity index (χ1v) is 8.83. The molecule has 0 aliphatic carbocycles. The van der Waals surface area contributed by atoms with Crippen LogP contribution in [0.2, 0.25) is 0 Å². The number of Topliss-reactive ketones (excluding diaryl/α,β-unsaturated/α-hetero) is 1. The molecule has 1 heterocycles. The number of rotatable bonds is 5. The van der Waals surface area contributed by atoms with Crippen molar-refractivity contribution in [1.82, 2.24) is 0 Å². The Labute approximate surface area is 152 Å². The third-order valence-corrected chi connectivity index (χ3v) is 4.77. The molecule has 0 aromatic heterocycles. The van der Waals surface area contributed by atoms with Gasteiger partial charge in [0.05, 0.1) is 11.3 Å². The van der Waals surface area contributed by atoms with Gasteiger partial charge in [0.25, 0.3) is 11.7 Å². The number of carbonyl (C=O) groups excluding carboxylic acids is 2. The minimum atomic E-state index is -0.418. The Hall–Kier alpha value is -3.20. The van der Waals surface area contributed by atoms with E-state index >= 15 is 0 Å². The van der Waals surface area contributed by atoms with E-state index in [0.717, 1.165) is 29.7 Å². The molecule has 1 amide bonds. The SMILES string of the molecule is O=C1C(=O)N(CCCc2ccccc2)c2ccc(-c3ccccc3)cc21. The second-order valence-electron chi connectivity index (χ2n) is 6.47. The lowest BCUT2D eigenvalue weighted by molar-refractivity contribution is -0.114. The number of nitrogens with zero attached hydrogens (tertiary/aromatic N) is 1. The van der Waals surface area contributed by atoms with Crippen LogP contribution in [0.5, 0.6) is 0 Å². The van der Waals surface area contributed by atoms with Crippen LogP contribution in [0.1, 0.15) is 22.3 Å². The van der Waals surface area contributed by atoms with E-state index in [0.29, 0.717) is 12.1 Å². The zero-order valence-corrected chi connectivity index (χ0v) is 14.4. The molecule has 0 spiro atoms. The largest absolute Gasteiger partial charge is 0.305 e. The van der Waals surface area contributed by atoms with Crippen molar-refractivity contribution in [2.45, 2.75) is 12.8 Å². The number of benzene rings is 3. The van der Waals surface area contributed by atoms with Gasteiger partial charge in [-0.15, -0.1) is 0 Å². The highest BCUT2D eigenvalue weighted by atomic mass is 16.2. The van der Waals surface area contributed by atoms with Crippen LogP contribution in [0.3, 0.4) is 0 Å². The van der Waals surface area contributed by atoms with Crippen molar-refractivity contribution in [2.75, 3.05) is 11.4 Å². The van der Waals surface area contributed by atoms with Gasteiger partial charge in [-0.2, -0.15) is 0 Å². The molecule has 3 nitrogen and oxygen atoms in total. The lowest BCUT2D eigenvalue weighted by atomic mass is 10.0. The molecule has 0 radical (unpaired) electrons. The Bertz CT molecular complexity index is 948. The molecule has 0 saturated carbocycles. The van der Waals surface area contributed by atoms with Gasteiger partial charge in [-0.1, -0.05) is 66.7 Å². The molecule has 0 fully saturated rings. The van der Waals surface area contributed by atoms with Crippen molar-refractivity contribution in [1.29, 1.82) is 0 Å². The highest BCUT2D eigenvalue weighted by Gasteiger charge is 2.35. The fourth-order valence-electron chi connectivity index (χ4n) is 3.42. The summed E-state index contributed by atoms with van der Waals surface area (Å²) in [4.78, 5) is 26.5. The molecular formula is C23H19NO2. The third kappa shape index (κ3) is 3.04. The first kappa shape index (κ1) is 16.3. The molecule has 128 valence electrons. The minimum Gasteiger partial charge on any atom is -0.305 e. The summed E-state index contributed by atoms with van der Waals surface area (Å²) in [6.45, 7) is 0.553. The second-order valence-corrected chi connectivity index (χ2v) is 6.47. The number of hydrogen-bond donors (Lipinski definition) is 0. The number of ketones is 1. The molecule has 0 bridgehead atoms. The lowest BCUT2D eigenvalue weighted by Gasteiger charge is -2.16. The molecular weight excluding hydrogens is 322 g/mol. The Balaban J connectivity index is 1.54. The number of anilines is 1. The van der Waals surface area contributed by atoms with E-state index in [-0.39, 0.29) is 0 Å². The minimum absolute atomic E-state index is 0.405. The smallest absolute Gasteiger partial charge is 0.299 e. The predicted molar refractivity (Wildman–Crippen MR) is 103 cm³/mol. The Morgan fingerprint density at radius 3 is 2.15 bits per heavy atom. The third-order valence-electron chi connectivity index (χ3n) is 4.77. The monoisotopic (exact) mass is 341 g/mol. The Kier molecular flexibility index (Phi) is 4.36. The van der Waals surface area contributed by atoms with Gasteiger partial charge in [-0.05, 0) is 41.7 Å². The zero-order valence-electron chi connectivity index (χ0n) is 14.4. The van der Waals surface area contributed by atoms with Crippen LogP contribution < -0.4 is 4.90 Å². The fraction of sp³-hybridized carbons (Fsp3) is 0.130. The normalized spacial score (nSPS) is 13.2. The van der Waals surface area contributed by atoms with Crippen LogP contribution >= 0.6 is 0 Å². The van der Waals surface area contributed by atoms with E-state index < -0.39 is 11.7 Å². The van der Waals surface area contributed by atoms with E-state index in [4.69, 9.17) is 0 Å². The summed E-state index contributed by atoms with van der Waals surface area (Å²) >= 11 is 0. The van der Waals surface area contributed by atoms with E-state index in [2.05, 4.69) is 12.1 Å². The van der Waals surface area contributed by atoms with Gasteiger partial charge in [0.1, 0.15) is 0 Å². The molecule has 26 heavy (non-hydrogen) atoms. The van der Waals surface area contributed by atoms with Gasteiger partial charge in [0.15, 0.2) is 0 Å². The van der Waals surface area contributed by atoms with Crippen molar-refractivity contribution >= 4 is 17.4 Å². The lowest BCUT2D eigenvalue weighted by Crippen LogP contribution is -2.30. The van der Waals surface area contributed by atoms with Gasteiger partial charge in [-0.25, -0.2) is 0 Å². The van der Waals surface area contributed by atoms with Crippen LogP contribution in [0.15, 0.2) is 78.9 Å². The summed E-state index contributed by atoms with van der Waals surface area (Å²) in [6.07, 6.45) is 1.71. The van der Waals surface area contributed by atoms with Crippen molar-refractivity contribution in [2.24, 2.45) is 0 Å². The molecule has 0 N–H and O–H groups in total. The van der Waals surface area contributed by atoms with Gasteiger partial charge in [0.2, 0.25) is 0 Å².